The summed E-state index contributed by atoms with van der Waals surface area (Å²) in [5, 5.41) is 11.8. The molecule has 114 valence electrons. The van der Waals surface area contributed by atoms with Crippen molar-refractivity contribution in [1.82, 2.24) is 5.32 Å². The lowest BCUT2D eigenvalue weighted by atomic mass is 9.75. The van der Waals surface area contributed by atoms with Gasteiger partial charge < -0.3 is 16.2 Å². The standard InChI is InChI=1S/C16H22N2O3/c17-16(9-4-10-16)11-14(19)18-13(7-8-15(20)21)12-5-2-1-3-6-12/h1-3,5-6,13H,4,7-11,17H2,(H,18,19)(H,20,21). The number of rotatable bonds is 7. The van der Waals surface area contributed by atoms with Crippen LogP contribution < -0.4 is 11.1 Å². The van der Waals surface area contributed by atoms with Crippen molar-refractivity contribution < 1.29 is 14.7 Å². The van der Waals surface area contributed by atoms with Crippen LogP contribution in [0.1, 0.15) is 50.1 Å². The maximum Gasteiger partial charge on any atom is 0.303 e. The summed E-state index contributed by atoms with van der Waals surface area (Å²) in [7, 11) is 0. The second-order valence-electron chi connectivity index (χ2n) is 5.86. The molecule has 1 aromatic carbocycles. The smallest absolute Gasteiger partial charge is 0.303 e. The predicted molar refractivity (Wildman–Crippen MR) is 79.6 cm³/mol. The van der Waals surface area contributed by atoms with Crippen LogP contribution >= 0.6 is 0 Å². The highest BCUT2D eigenvalue weighted by molar-refractivity contribution is 5.78. The summed E-state index contributed by atoms with van der Waals surface area (Å²) >= 11 is 0. The summed E-state index contributed by atoms with van der Waals surface area (Å²) in [6.07, 6.45) is 3.54. The number of carboxylic acid groups (broad SMARTS) is 1. The molecule has 1 aliphatic rings. The summed E-state index contributed by atoms with van der Waals surface area (Å²) in [6, 6.07) is 9.17. The average Bonchev–Trinajstić information content (AvgIpc) is 2.42. The maximum absolute atomic E-state index is 12.1. The molecule has 2 rings (SSSR count). The van der Waals surface area contributed by atoms with Gasteiger partial charge in [-0.1, -0.05) is 30.3 Å². The Hall–Kier alpha value is -1.88. The van der Waals surface area contributed by atoms with Crippen LogP contribution in [0.15, 0.2) is 30.3 Å². The van der Waals surface area contributed by atoms with Crippen molar-refractivity contribution >= 4 is 11.9 Å². The molecule has 0 spiro atoms. The molecule has 1 aromatic rings. The summed E-state index contributed by atoms with van der Waals surface area (Å²) in [5.74, 6) is -0.962. The highest BCUT2D eigenvalue weighted by Crippen LogP contribution is 2.32. The molecule has 0 heterocycles. The Balaban J connectivity index is 1.98. The first-order chi connectivity index (χ1) is 9.98. The molecule has 0 radical (unpaired) electrons. The van der Waals surface area contributed by atoms with Crippen LogP contribution in [0, 0.1) is 0 Å². The van der Waals surface area contributed by atoms with Crippen molar-refractivity contribution in [3.8, 4) is 0 Å². The number of carbonyl (C=O) groups is 2. The fourth-order valence-corrected chi connectivity index (χ4v) is 2.65. The fourth-order valence-electron chi connectivity index (χ4n) is 2.65. The number of carbonyl (C=O) groups excluding carboxylic acids is 1. The molecule has 21 heavy (non-hydrogen) atoms. The van der Waals surface area contributed by atoms with Gasteiger partial charge >= 0.3 is 5.97 Å². The van der Waals surface area contributed by atoms with Crippen LogP contribution in [0.2, 0.25) is 0 Å². The number of amides is 1. The van der Waals surface area contributed by atoms with Gasteiger partial charge in [0.1, 0.15) is 0 Å². The number of hydrogen-bond donors (Lipinski definition) is 3. The van der Waals surface area contributed by atoms with E-state index in [9.17, 15) is 9.59 Å². The summed E-state index contributed by atoms with van der Waals surface area (Å²) in [5.41, 5.74) is 6.65. The number of aliphatic carboxylic acids is 1. The van der Waals surface area contributed by atoms with Crippen LogP contribution in [-0.2, 0) is 9.59 Å². The monoisotopic (exact) mass is 290 g/mol. The molecule has 0 aromatic heterocycles. The second kappa shape index (κ2) is 6.72. The second-order valence-corrected chi connectivity index (χ2v) is 5.86. The first-order valence-electron chi connectivity index (χ1n) is 7.33. The zero-order valence-electron chi connectivity index (χ0n) is 12.0. The molecule has 1 unspecified atom stereocenters. The molecule has 1 aliphatic carbocycles. The minimum absolute atomic E-state index is 0.0214. The highest BCUT2D eigenvalue weighted by atomic mass is 16.4. The molecule has 0 aliphatic heterocycles. The molecule has 1 amide bonds. The van der Waals surface area contributed by atoms with E-state index in [1.165, 1.54) is 0 Å². The summed E-state index contributed by atoms with van der Waals surface area (Å²) < 4.78 is 0. The van der Waals surface area contributed by atoms with E-state index in [0.29, 0.717) is 12.8 Å². The third-order valence-corrected chi connectivity index (χ3v) is 4.05. The molecule has 0 saturated heterocycles. The topological polar surface area (TPSA) is 92.4 Å². The quantitative estimate of drug-likeness (QED) is 0.716. The van der Waals surface area contributed by atoms with Gasteiger partial charge in [0.2, 0.25) is 5.91 Å². The van der Waals surface area contributed by atoms with Crippen LogP contribution in [0.5, 0.6) is 0 Å². The molecule has 4 N–H and O–H groups in total. The summed E-state index contributed by atoms with van der Waals surface area (Å²) in [4.78, 5) is 22.9. The number of nitrogens with two attached hydrogens (primary N) is 1. The molecule has 1 saturated carbocycles. The van der Waals surface area contributed by atoms with Gasteiger partial charge in [-0.15, -0.1) is 0 Å². The Labute approximate surface area is 124 Å². The van der Waals surface area contributed by atoms with Gasteiger partial charge in [0.25, 0.3) is 0 Å². The number of nitrogens with one attached hydrogen (secondary N) is 1. The number of benzene rings is 1. The zero-order chi connectivity index (χ0) is 15.3. The Bertz CT molecular complexity index is 498. The lowest BCUT2D eigenvalue weighted by Gasteiger charge is -2.37. The van der Waals surface area contributed by atoms with Gasteiger partial charge in [-0.25, -0.2) is 0 Å². The average molecular weight is 290 g/mol. The Morgan fingerprint density at radius 3 is 2.48 bits per heavy atom. The predicted octanol–water partition coefficient (Wildman–Crippen LogP) is 1.98. The van der Waals surface area contributed by atoms with E-state index in [0.717, 1.165) is 24.8 Å². The van der Waals surface area contributed by atoms with Gasteiger partial charge in [-0.2, -0.15) is 0 Å². The minimum Gasteiger partial charge on any atom is -0.481 e. The van der Waals surface area contributed by atoms with E-state index in [1.807, 2.05) is 30.3 Å². The molecular weight excluding hydrogens is 268 g/mol. The molecule has 5 heteroatoms. The fraction of sp³-hybridized carbons (Fsp3) is 0.500. The van der Waals surface area contributed by atoms with Crippen LogP contribution in [0.3, 0.4) is 0 Å². The van der Waals surface area contributed by atoms with Gasteiger partial charge in [0.05, 0.1) is 6.04 Å². The van der Waals surface area contributed by atoms with Crippen molar-refractivity contribution in [2.24, 2.45) is 5.73 Å². The first kappa shape index (κ1) is 15.5. The van der Waals surface area contributed by atoms with Gasteiger partial charge in [-0.05, 0) is 31.2 Å². The molecular formula is C16H22N2O3. The van der Waals surface area contributed by atoms with Crippen LogP contribution in [-0.4, -0.2) is 22.5 Å². The molecule has 1 atom stereocenters. The third-order valence-electron chi connectivity index (χ3n) is 4.05. The van der Waals surface area contributed by atoms with Crippen molar-refractivity contribution in [1.29, 1.82) is 0 Å². The van der Waals surface area contributed by atoms with Crippen LogP contribution in [0.25, 0.3) is 0 Å². The Morgan fingerprint density at radius 2 is 1.95 bits per heavy atom. The van der Waals surface area contributed by atoms with Gasteiger partial charge in [-0.3, -0.25) is 9.59 Å². The SMILES string of the molecule is NC1(CC(=O)NC(CCC(=O)O)c2ccccc2)CCC1. The highest BCUT2D eigenvalue weighted by Gasteiger charge is 2.35. The third kappa shape index (κ3) is 4.56. The minimum atomic E-state index is -0.862. The van der Waals surface area contributed by atoms with Crippen molar-refractivity contribution in [2.75, 3.05) is 0 Å². The van der Waals surface area contributed by atoms with E-state index in [-0.39, 0.29) is 23.9 Å². The lowest BCUT2D eigenvalue weighted by molar-refractivity contribution is -0.137. The van der Waals surface area contributed by atoms with Gasteiger partial charge in [0, 0.05) is 18.4 Å². The van der Waals surface area contributed by atoms with E-state index in [4.69, 9.17) is 10.8 Å². The van der Waals surface area contributed by atoms with E-state index < -0.39 is 5.97 Å². The van der Waals surface area contributed by atoms with Crippen molar-refractivity contribution in [3.63, 3.8) is 0 Å². The normalized spacial score (nSPS) is 17.6. The van der Waals surface area contributed by atoms with Crippen LogP contribution in [0.4, 0.5) is 0 Å². The van der Waals surface area contributed by atoms with E-state index in [2.05, 4.69) is 5.32 Å². The molecule has 0 bridgehead atoms. The first-order valence-corrected chi connectivity index (χ1v) is 7.33. The molecule has 1 fully saturated rings. The summed E-state index contributed by atoms with van der Waals surface area (Å²) in [6.45, 7) is 0. The van der Waals surface area contributed by atoms with E-state index >= 15 is 0 Å². The number of hydrogen-bond acceptors (Lipinski definition) is 3. The van der Waals surface area contributed by atoms with Gasteiger partial charge in [0.15, 0.2) is 0 Å². The Kier molecular flexibility index (Phi) is 4.96. The maximum atomic E-state index is 12.1. The van der Waals surface area contributed by atoms with Crippen molar-refractivity contribution in [2.45, 2.75) is 50.1 Å². The Morgan fingerprint density at radius 1 is 1.29 bits per heavy atom. The zero-order valence-corrected chi connectivity index (χ0v) is 12.0. The lowest BCUT2D eigenvalue weighted by Crippen LogP contribution is -2.50. The molecule has 5 nitrogen and oxygen atoms in total. The van der Waals surface area contributed by atoms with E-state index in [1.54, 1.807) is 0 Å². The van der Waals surface area contributed by atoms with Crippen molar-refractivity contribution in [3.05, 3.63) is 35.9 Å². The number of carboxylic acids is 1. The largest absolute Gasteiger partial charge is 0.481 e.